The summed E-state index contributed by atoms with van der Waals surface area (Å²) >= 11 is 2.22. The van der Waals surface area contributed by atoms with Gasteiger partial charge in [0, 0.05) is 12.1 Å². The fourth-order valence-electron chi connectivity index (χ4n) is 0.667. The molecule has 0 aromatic heterocycles. The first-order chi connectivity index (χ1) is 5.40. The second-order valence-corrected chi connectivity index (χ2v) is 4.28. The van der Waals surface area contributed by atoms with Crippen molar-refractivity contribution >= 4 is 17.7 Å². The molecule has 0 bridgehead atoms. The zero-order chi connectivity index (χ0) is 10.1. The Morgan fingerprint density at radius 3 is 1.25 bits per heavy atom. The fraction of sp³-hybridized carbons (Fsp3) is 1.00. The van der Waals surface area contributed by atoms with Crippen molar-refractivity contribution in [1.82, 2.24) is 5.32 Å². The van der Waals surface area contributed by atoms with Crippen LogP contribution in [0.5, 0.6) is 0 Å². The van der Waals surface area contributed by atoms with Crippen LogP contribution in [-0.2, 0) is 0 Å². The quantitative estimate of drug-likeness (QED) is 0.634. The van der Waals surface area contributed by atoms with Crippen molar-refractivity contribution in [3.8, 4) is 0 Å². The maximum absolute atomic E-state index is 3.31. The van der Waals surface area contributed by atoms with E-state index in [-0.39, 0.29) is 0 Å². The van der Waals surface area contributed by atoms with Crippen LogP contribution in [0.4, 0.5) is 0 Å². The van der Waals surface area contributed by atoms with Crippen molar-refractivity contribution in [2.75, 3.05) is 0 Å². The van der Waals surface area contributed by atoms with Gasteiger partial charge in [0.1, 0.15) is 0 Å². The average molecular weight is 165 g/mol. The van der Waals surface area contributed by atoms with E-state index in [1.807, 2.05) is 0 Å². The summed E-state index contributed by atoms with van der Waals surface area (Å²) in [6, 6.07) is 1.25. The standard InChI is InChI=1S/C6H15N.C4H9.Li/c1-5(2)7-6(3)4;1-3-4-2;/h5-7H,1-4H3;3H,4H2,1-2H3;. The van der Waals surface area contributed by atoms with Crippen molar-refractivity contribution < 1.29 is 0 Å². The van der Waals surface area contributed by atoms with Crippen molar-refractivity contribution in [3.05, 3.63) is 0 Å². The number of rotatable bonds is 3. The molecule has 0 saturated heterocycles. The van der Waals surface area contributed by atoms with Crippen LogP contribution in [0.2, 0.25) is 4.59 Å². The van der Waals surface area contributed by atoms with Gasteiger partial charge in [0.05, 0.1) is 0 Å². The Kier molecular flexibility index (Phi) is 12.1. The van der Waals surface area contributed by atoms with Crippen molar-refractivity contribution in [3.63, 3.8) is 0 Å². The zero-order valence-electron chi connectivity index (χ0n) is 9.94. The summed E-state index contributed by atoms with van der Waals surface area (Å²) in [5, 5.41) is 3.31. The van der Waals surface area contributed by atoms with Crippen LogP contribution in [-0.4, -0.2) is 29.8 Å². The normalized spacial score (nSPS) is 12.8. The third-order valence-corrected chi connectivity index (χ3v) is 1.48. The summed E-state index contributed by atoms with van der Waals surface area (Å²) in [6.07, 6.45) is 1.31. The molecule has 12 heavy (non-hydrogen) atoms. The third kappa shape index (κ3) is 22.4. The van der Waals surface area contributed by atoms with E-state index in [1.165, 1.54) is 6.42 Å². The number of nitrogens with one attached hydrogen (secondary N) is 1. The van der Waals surface area contributed by atoms with E-state index in [9.17, 15) is 0 Å². The summed E-state index contributed by atoms with van der Waals surface area (Å²) in [4.78, 5) is 0. The minimum absolute atomic E-state index is 0.625. The summed E-state index contributed by atoms with van der Waals surface area (Å²) < 4.78 is 0.884. The molecule has 2 heteroatoms. The van der Waals surface area contributed by atoms with Gasteiger partial charge in [-0.25, -0.2) is 0 Å². The molecule has 0 spiro atoms. The van der Waals surface area contributed by atoms with E-state index in [4.69, 9.17) is 0 Å². The molecule has 0 aliphatic heterocycles. The van der Waals surface area contributed by atoms with Crippen LogP contribution in [0.1, 0.15) is 48.0 Å². The summed E-state index contributed by atoms with van der Waals surface area (Å²) in [6.45, 7) is 13.0. The van der Waals surface area contributed by atoms with Gasteiger partial charge < -0.3 is 5.32 Å². The van der Waals surface area contributed by atoms with E-state index in [2.05, 4.69) is 64.6 Å². The predicted molar refractivity (Wildman–Crippen MR) is 58.9 cm³/mol. The van der Waals surface area contributed by atoms with Crippen molar-refractivity contribution in [1.29, 1.82) is 0 Å². The minimum atomic E-state index is 0.625. The number of hydrogen-bond donors (Lipinski definition) is 1. The van der Waals surface area contributed by atoms with Gasteiger partial charge in [0.15, 0.2) is 0 Å². The van der Waals surface area contributed by atoms with Gasteiger partial charge in [0.25, 0.3) is 0 Å². The monoisotopic (exact) mass is 165 g/mol. The molecule has 0 amide bonds. The molecule has 1 nitrogen and oxygen atoms in total. The fourth-order valence-corrected chi connectivity index (χ4v) is 0.667. The first-order valence-electron chi connectivity index (χ1n) is 5.16. The Hall–Kier alpha value is 0.557. The molecule has 0 rings (SSSR count). The molecular formula is C10H24LiN. The Morgan fingerprint density at radius 1 is 1.00 bits per heavy atom. The summed E-state index contributed by atoms with van der Waals surface area (Å²) in [5.41, 5.74) is 0. The van der Waals surface area contributed by atoms with E-state index >= 15 is 0 Å². The molecule has 1 N–H and O–H groups in total. The van der Waals surface area contributed by atoms with Crippen LogP contribution in [0.3, 0.4) is 0 Å². The van der Waals surface area contributed by atoms with Gasteiger partial charge in [-0.1, -0.05) is 27.7 Å². The molecule has 0 heterocycles. The molecule has 1 atom stereocenters. The second-order valence-electron chi connectivity index (χ2n) is 4.28. The first-order valence-corrected chi connectivity index (χ1v) is 5.16. The van der Waals surface area contributed by atoms with Gasteiger partial charge in [-0.2, -0.15) is 0 Å². The van der Waals surface area contributed by atoms with Crippen LogP contribution < -0.4 is 5.32 Å². The van der Waals surface area contributed by atoms with Crippen LogP contribution in [0.15, 0.2) is 0 Å². The molecule has 0 aliphatic carbocycles. The van der Waals surface area contributed by atoms with Gasteiger partial charge >= 0.3 is 42.6 Å². The molecule has 0 radical (unpaired) electrons. The van der Waals surface area contributed by atoms with Gasteiger partial charge in [-0.05, 0) is 0 Å². The summed E-state index contributed by atoms with van der Waals surface area (Å²) in [7, 11) is 0. The van der Waals surface area contributed by atoms with Crippen LogP contribution in [0.25, 0.3) is 0 Å². The van der Waals surface area contributed by atoms with E-state index in [0.29, 0.717) is 12.1 Å². The molecule has 70 valence electrons. The molecule has 0 aromatic rings. The topological polar surface area (TPSA) is 12.0 Å². The Morgan fingerprint density at radius 2 is 1.25 bits per heavy atom. The molecule has 0 aliphatic rings. The molecular weight excluding hydrogens is 141 g/mol. The Bertz CT molecular complexity index is 73.9. The first kappa shape index (κ1) is 15.0. The molecule has 0 aromatic carbocycles. The number of hydrogen-bond acceptors (Lipinski definition) is 1. The van der Waals surface area contributed by atoms with E-state index in [0.717, 1.165) is 4.59 Å². The maximum atomic E-state index is 3.31. The van der Waals surface area contributed by atoms with Gasteiger partial charge in [-0.15, -0.1) is 0 Å². The third-order valence-electron chi connectivity index (χ3n) is 1.48. The summed E-state index contributed by atoms with van der Waals surface area (Å²) in [5.74, 6) is 0. The van der Waals surface area contributed by atoms with E-state index in [1.54, 1.807) is 0 Å². The van der Waals surface area contributed by atoms with E-state index < -0.39 is 0 Å². The van der Waals surface area contributed by atoms with Crippen molar-refractivity contribution in [2.24, 2.45) is 0 Å². The Labute approximate surface area is 87.9 Å². The predicted octanol–water partition coefficient (Wildman–Crippen LogP) is 2.77. The molecule has 1 unspecified atom stereocenters. The average Bonchev–Trinajstić information content (AvgIpc) is 1.85. The van der Waals surface area contributed by atoms with Crippen LogP contribution in [0, 0.1) is 0 Å². The molecule has 0 fully saturated rings. The zero-order valence-corrected chi connectivity index (χ0v) is 9.94. The van der Waals surface area contributed by atoms with Crippen molar-refractivity contribution in [2.45, 2.75) is 64.6 Å². The molecule has 0 saturated carbocycles. The Balaban J connectivity index is 0. The van der Waals surface area contributed by atoms with Crippen LogP contribution >= 0.6 is 0 Å². The SMILES string of the molecule is CC(C)NC(C)C.[Li][CH](C)CC. The van der Waals surface area contributed by atoms with Gasteiger partial charge in [0.2, 0.25) is 0 Å². The van der Waals surface area contributed by atoms with Gasteiger partial charge in [-0.3, -0.25) is 0 Å². The second kappa shape index (κ2) is 9.64.